The summed E-state index contributed by atoms with van der Waals surface area (Å²) >= 11 is 0. The molecule has 4 nitrogen and oxygen atoms in total. The number of carbonyl (C=O) groups is 1. The molecule has 0 saturated carbocycles. The lowest BCUT2D eigenvalue weighted by molar-refractivity contribution is 0.197. The van der Waals surface area contributed by atoms with Gasteiger partial charge in [-0.05, 0) is 32.2 Å². The molecule has 0 aliphatic carbocycles. The van der Waals surface area contributed by atoms with Gasteiger partial charge in [-0.1, -0.05) is 13.8 Å². The molecule has 1 saturated heterocycles. The Bertz CT molecular complexity index is 233. The maximum absolute atomic E-state index is 11.7. The van der Waals surface area contributed by atoms with Gasteiger partial charge in [0.25, 0.3) is 0 Å². The van der Waals surface area contributed by atoms with E-state index in [1.54, 1.807) is 4.90 Å². The van der Waals surface area contributed by atoms with Crippen molar-refractivity contribution in [3.05, 3.63) is 0 Å². The zero-order chi connectivity index (χ0) is 12.7. The van der Waals surface area contributed by atoms with Gasteiger partial charge in [-0.2, -0.15) is 0 Å². The van der Waals surface area contributed by atoms with Gasteiger partial charge in [0.05, 0.1) is 0 Å². The largest absolute Gasteiger partial charge is 0.326 e. The van der Waals surface area contributed by atoms with Crippen LogP contribution in [-0.2, 0) is 0 Å². The third-order valence-electron chi connectivity index (χ3n) is 3.46. The van der Waals surface area contributed by atoms with Crippen molar-refractivity contribution < 1.29 is 4.79 Å². The van der Waals surface area contributed by atoms with Crippen LogP contribution in [0.2, 0.25) is 0 Å². The summed E-state index contributed by atoms with van der Waals surface area (Å²) in [6.07, 6.45) is 4.64. The van der Waals surface area contributed by atoms with Gasteiger partial charge in [-0.3, -0.25) is 0 Å². The zero-order valence-corrected chi connectivity index (χ0v) is 11.5. The zero-order valence-electron chi connectivity index (χ0n) is 11.5. The van der Waals surface area contributed by atoms with E-state index >= 15 is 0 Å². The monoisotopic (exact) mass is 241 g/mol. The van der Waals surface area contributed by atoms with Gasteiger partial charge in [0.15, 0.2) is 0 Å². The van der Waals surface area contributed by atoms with Crippen LogP contribution >= 0.6 is 0 Å². The molecular weight excluding hydrogens is 214 g/mol. The quantitative estimate of drug-likeness (QED) is 0.704. The lowest BCUT2D eigenvalue weighted by Crippen LogP contribution is -2.33. The van der Waals surface area contributed by atoms with Crippen molar-refractivity contribution in [3.8, 4) is 0 Å². The second-order valence-corrected chi connectivity index (χ2v) is 4.89. The Labute approximate surface area is 105 Å². The Hall–Kier alpha value is -0.770. The van der Waals surface area contributed by atoms with Gasteiger partial charge in [0, 0.05) is 32.7 Å². The second-order valence-electron chi connectivity index (χ2n) is 4.89. The van der Waals surface area contributed by atoms with E-state index in [4.69, 9.17) is 0 Å². The molecule has 17 heavy (non-hydrogen) atoms. The Morgan fingerprint density at radius 1 is 1.35 bits per heavy atom. The average Bonchev–Trinajstić information content (AvgIpc) is 2.65. The van der Waals surface area contributed by atoms with Gasteiger partial charge < -0.3 is 15.1 Å². The summed E-state index contributed by atoms with van der Waals surface area (Å²) in [5, 5.41) is 3.55. The lowest BCUT2D eigenvalue weighted by Gasteiger charge is -2.19. The number of hydrogen-bond donors (Lipinski definition) is 1. The van der Waals surface area contributed by atoms with Crippen LogP contribution in [0.4, 0.5) is 4.79 Å². The smallest absolute Gasteiger partial charge is 0.319 e. The average molecular weight is 241 g/mol. The van der Waals surface area contributed by atoms with Gasteiger partial charge in [0.1, 0.15) is 0 Å². The molecule has 1 aliphatic rings. The van der Waals surface area contributed by atoms with Crippen LogP contribution in [0.1, 0.15) is 39.5 Å². The van der Waals surface area contributed by atoms with E-state index in [9.17, 15) is 4.79 Å². The van der Waals surface area contributed by atoms with Crippen LogP contribution in [0.15, 0.2) is 0 Å². The molecule has 0 aromatic carbocycles. The summed E-state index contributed by atoms with van der Waals surface area (Å²) in [4.78, 5) is 15.4. The van der Waals surface area contributed by atoms with E-state index in [0.29, 0.717) is 6.04 Å². The standard InChI is InChI=1S/C13H27N3O/c1-4-8-14-12(5-2)7-6-9-16-11-10-15(3)13(16)17/h12,14H,4-11H2,1-3H3. The Morgan fingerprint density at radius 2 is 2.12 bits per heavy atom. The van der Waals surface area contributed by atoms with Crippen molar-refractivity contribution in [3.63, 3.8) is 0 Å². The molecule has 1 aliphatic heterocycles. The van der Waals surface area contributed by atoms with Crippen molar-refractivity contribution in [1.29, 1.82) is 0 Å². The molecule has 4 heteroatoms. The molecule has 100 valence electrons. The number of carbonyl (C=O) groups excluding carboxylic acids is 1. The molecule has 0 spiro atoms. The molecular formula is C13H27N3O. The van der Waals surface area contributed by atoms with Crippen LogP contribution < -0.4 is 5.32 Å². The summed E-state index contributed by atoms with van der Waals surface area (Å²) in [7, 11) is 1.87. The Morgan fingerprint density at radius 3 is 2.65 bits per heavy atom. The highest BCUT2D eigenvalue weighted by Gasteiger charge is 2.24. The molecule has 1 unspecified atom stereocenters. The summed E-state index contributed by atoms with van der Waals surface area (Å²) < 4.78 is 0. The molecule has 1 rings (SSSR count). The van der Waals surface area contributed by atoms with Crippen molar-refractivity contribution in [1.82, 2.24) is 15.1 Å². The summed E-state index contributed by atoms with van der Waals surface area (Å²) in [6.45, 7) is 8.20. The highest BCUT2D eigenvalue weighted by molar-refractivity contribution is 5.76. The first-order valence-electron chi connectivity index (χ1n) is 6.92. The number of nitrogens with one attached hydrogen (secondary N) is 1. The van der Waals surface area contributed by atoms with Crippen molar-refractivity contribution >= 4 is 6.03 Å². The minimum Gasteiger partial charge on any atom is -0.326 e. The number of amides is 2. The molecule has 1 N–H and O–H groups in total. The number of hydrogen-bond acceptors (Lipinski definition) is 2. The highest BCUT2D eigenvalue weighted by Crippen LogP contribution is 2.09. The van der Waals surface area contributed by atoms with Crippen LogP contribution in [-0.4, -0.2) is 55.1 Å². The minimum absolute atomic E-state index is 0.194. The van der Waals surface area contributed by atoms with Gasteiger partial charge in [0.2, 0.25) is 0 Å². The minimum atomic E-state index is 0.194. The fraction of sp³-hybridized carbons (Fsp3) is 0.923. The van der Waals surface area contributed by atoms with E-state index in [-0.39, 0.29) is 6.03 Å². The maximum Gasteiger partial charge on any atom is 0.319 e. The SMILES string of the molecule is CCCNC(CC)CCCN1CCN(C)C1=O. The molecule has 0 aromatic heterocycles. The first-order valence-corrected chi connectivity index (χ1v) is 6.92. The molecule has 0 radical (unpaired) electrons. The summed E-state index contributed by atoms with van der Waals surface area (Å²) in [6, 6.07) is 0.810. The van der Waals surface area contributed by atoms with Crippen molar-refractivity contribution in [2.24, 2.45) is 0 Å². The fourth-order valence-electron chi connectivity index (χ4n) is 2.24. The molecule has 1 heterocycles. The number of likely N-dealkylation sites (N-methyl/N-ethyl adjacent to an activating group) is 1. The molecule has 0 aromatic rings. The van der Waals surface area contributed by atoms with Gasteiger partial charge in [-0.15, -0.1) is 0 Å². The third kappa shape index (κ3) is 4.54. The molecule has 1 fully saturated rings. The van der Waals surface area contributed by atoms with Crippen LogP contribution in [0.5, 0.6) is 0 Å². The maximum atomic E-state index is 11.7. The van der Waals surface area contributed by atoms with Crippen LogP contribution in [0, 0.1) is 0 Å². The number of rotatable bonds is 8. The molecule has 1 atom stereocenters. The van der Waals surface area contributed by atoms with E-state index in [2.05, 4.69) is 19.2 Å². The topological polar surface area (TPSA) is 35.6 Å². The molecule has 2 amide bonds. The lowest BCUT2D eigenvalue weighted by atomic mass is 10.1. The highest BCUT2D eigenvalue weighted by atomic mass is 16.2. The van der Waals surface area contributed by atoms with E-state index in [0.717, 1.165) is 32.6 Å². The van der Waals surface area contributed by atoms with Crippen molar-refractivity contribution in [2.45, 2.75) is 45.6 Å². The fourth-order valence-corrected chi connectivity index (χ4v) is 2.24. The van der Waals surface area contributed by atoms with Gasteiger partial charge in [-0.25, -0.2) is 4.79 Å². The number of nitrogens with zero attached hydrogens (tertiary/aromatic N) is 2. The second kappa shape index (κ2) is 7.54. The Kier molecular flexibility index (Phi) is 6.34. The first-order chi connectivity index (χ1) is 8.19. The normalized spacial score (nSPS) is 17.9. The summed E-state index contributed by atoms with van der Waals surface area (Å²) in [5.74, 6) is 0. The van der Waals surface area contributed by atoms with Crippen LogP contribution in [0.3, 0.4) is 0 Å². The predicted molar refractivity (Wildman–Crippen MR) is 71.2 cm³/mol. The predicted octanol–water partition coefficient (Wildman–Crippen LogP) is 1.91. The molecule has 0 bridgehead atoms. The van der Waals surface area contributed by atoms with Crippen molar-refractivity contribution in [2.75, 3.05) is 33.2 Å². The van der Waals surface area contributed by atoms with E-state index in [1.807, 2.05) is 11.9 Å². The third-order valence-corrected chi connectivity index (χ3v) is 3.46. The van der Waals surface area contributed by atoms with Gasteiger partial charge >= 0.3 is 6.03 Å². The first kappa shape index (κ1) is 14.3. The Balaban J connectivity index is 2.15. The van der Waals surface area contributed by atoms with E-state index in [1.165, 1.54) is 19.3 Å². The van der Waals surface area contributed by atoms with E-state index < -0.39 is 0 Å². The summed E-state index contributed by atoms with van der Waals surface area (Å²) in [5.41, 5.74) is 0. The van der Waals surface area contributed by atoms with Crippen LogP contribution in [0.25, 0.3) is 0 Å². The number of urea groups is 1.